The van der Waals surface area contributed by atoms with Gasteiger partial charge in [0.1, 0.15) is 23.1 Å². The molecule has 0 radical (unpaired) electrons. The maximum Gasteiger partial charge on any atom is 0.254 e. The molecule has 174 valence electrons. The molecule has 0 aliphatic carbocycles. The van der Waals surface area contributed by atoms with Crippen LogP contribution in [0.25, 0.3) is 11.1 Å². The van der Waals surface area contributed by atoms with Gasteiger partial charge in [-0.15, -0.1) is 0 Å². The van der Waals surface area contributed by atoms with Crippen molar-refractivity contribution in [2.45, 2.75) is 44.4 Å². The first-order valence-electron chi connectivity index (χ1n) is 10.3. The molecule has 32 heavy (non-hydrogen) atoms. The zero-order valence-electron chi connectivity index (χ0n) is 18.5. The van der Waals surface area contributed by atoms with Crippen LogP contribution in [-0.4, -0.2) is 53.4 Å². The van der Waals surface area contributed by atoms with Gasteiger partial charge in [-0.3, -0.25) is 13.9 Å². The summed E-state index contributed by atoms with van der Waals surface area (Å²) in [5, 5.41) is 10.3. The van der Waals surface area contributed by atoms with E-state index >= 15 is 4.39 Å². The summed E-state index contributed by atoms with van der Waals surface area (Å²) in [4.78, 5) is 14.4. The Balaban J connectivity index is 1.98. The highest BCUT2D eigenvalue weighted by Crippen LogP contribution is 2.30. The first-order valence-corrected chi connectivity index (χ1v) is 11.9. The van der Waals surface area contributed by atoms with Crippen LogP contribution < -0.4 is 4.72 Å². The predicted molar refractivity (Wildman–Crippen MR) is 120 cm³/mol. The summed E-state index contributed by atoms with van der Waals surface area (Å²) < 4.78 is 50.4. The van der Waals surface area contributed by atoms with Crippen LogP contribution in [0.4, 0.5) is 13.2 Å². The summed E-state index contributed by atoms with van der Waals surface area (Å²) in [7, 11) is 1.25. The van der Waals surface area contributed by atoms with Crippen LogP contribution in [0.15, 0.2) is 40.8 Å². The molecule has 2 aromatic carbocycles. The maximum absolute atomic E-state index is 15.5. The quantitative estimate of drug-likeness (QED) is 0.682. The highest BCUT2D eigenvalue weighted by Gasteiger charge is 2.42. The van der Waals surface area contributed by atoms with Gasteiger partial charge in [0.25, 0.3) is 5.91 Å². The third kappa shape index (κ3) is 5.39. The standard InChI is InChI=1S/C23H28F3N3O2S/c1-23(2,31)22(30)29-9-8-19(28-32(4)27-3)20(29)12-14-6-5-7-18(21(14)26)15-10-16(24)13-17(25)11-15/h5-7,10-11,13,19-20,31H,8-9,12H2,1-4H3,(H,27,28). The Hall–Kier alpha value is -2.23. The Morgan fingerprint density at radius 1 is 1.25 bits per heavy atom. The molecule has 0 spiro atoms. The number of hydrogen-bond donors (Lipinski definition) is 2. The van der Waals surface area contributed by atoms with Crippen molar-refractivity contribution in [2.75, 3.05) is 19.8 Å². The van der Waals surface area contributed by atoms with Gasteiger partial charge in [0.05, 0.1) is 6.04 Å². The van der Waals surface area contributed by atoms with Gasteiger partial charge in [0, 0.05) is 37.5 Å². The fraction of sp³-hybridized carbons (Fsp3) is 0.435. The van der Waals surface area contributed by atoms with E-state index in [1.807, 2.05) is 6.26 Å². The number of nitrogens with one attached hydrogen (secondary N) is 1. The van der Waals surface area contributed by atoms with Crippen LogP contribution in [0.2, 0.25) is 0 Å². The van der Waals surface area contributed by atoms with E-state index in [0.717, 1.165) is 18.2 Å². The van der Waals surface area contributed by atoms with Gasteiger partial charge in [-0.25, -0.2) is 13.2 Å². The van der Waals surface area contributed by atoms with Crippen molar-refractivity contribution in [3.8, 4) is 11.1 Å². The van der Waals surface area contributed by atoms with Gasteiger partial charge in [0.15, 0.2) is 0 Å². The van der Waals surface area contributed by atoms with Crippen molar-refractivity contribution < 1.29 is 23.1 Å². The molecule has 3 rings (SSSR count). The molecule has 3 unspecified atom stereocenters. The van der Waals surface area contributed by atoms with E-state index in [9.17, 15) is 18.7 Å². The van der Waals surface area contributed by atoms with Crippen LogP contribution in [0.1, 0.15) is 25.8 Å². The largest absolute Gasteiger partial charge is 0.381 e. The fourth-order valence-electron chi connectivity index (χ4n) is 4.01. The lowest BCUT2D eigenvalue weighted by Gasteiger charge is -2.33. The van der Waals surface area contributed by atoms with Crippen LogP contribution in [0.5, 0.6) is 0 Å². The summed E-state index contributed by atoms with van der Waals surface area (Å²) >= 11 is 0. The van der Waals surface area contributed by atoms with Crippen molar-refractivity contribution in [1.82, 2.24) is 9.62 Å². The fourth-order valence-corrected chi connectivity index (χ4v) is 4.83. The number of hydrogen-bond acceptors (Lipinski definition) is 3. The number of benzene rings is 2. The van der Waals surface area contributed by atoms with Crippen LogP contribution in [-0.2, 0) is 22.1 Å². The minimum Gasteiger partial charge on any atom is -0.381 e. The highest BCUT2D eigenvalue weighted by atomic mass is 32.2. The topological polar surface area (TPSA) is 64.9 Å². The SMILES string of the molecule is CN=S(C)NC1CCN(C(=O)C(C)(C)O)C1Cc1cccc(-c2cc(F)cc(F)c2)c1F. The molecule has 5 nitrogen and oxygen atoms in total. The van der Waals surface area contributed by atoms with Gasteiger partial charge in [0.2, 0.25) is 0 Å². The van der Waals surface area contributed by atoms with E-state index in [2.05, 4.69) is 9.08 Å². The van der Waals surface area contributed by atoms with E-state index in [1.165, 1.54) is 19.9 Å². The minimum absolute atomic E-state index is 0.0857. The van der Waals surface area contributed by atoms with Crippen molar-refractivity contribution in [3.63, 3.8) is 0 Å². The Morgan fingerprint density at radius 2 is 1.91 bits per heavy atom. The molecule has 3 atom stereocenters. The molecule has 0 aromatic heterocycles. The molecular formula is C23H28F3N3O2S. The number of amides is 1. The summed E-state index contributed by atoms with van der Waals surface area (Å²) in [6.45, 7) is 3.28. The summed E-state index contributed by atoms with van der Waals surface area (Å²) in [6.07, 6.45) is 2.73. The van der Waals surface area contributed by atoms with Crippen LogP contribution in [0, 0.1) is 17.5 Å². The highest BCUT2D eigenvalue weighted by molar-refractivity contribution is 7.84. The van der Waals surface area contributed by atoms with E-state index in [-0.39, 0.29) is 23.6 Å². The first-order chi connectivity index (χ1) is 15.0. The second-order valence-electron chi connectivity index (χ2n) is 8.44. The van der Waals surface area contributed by atoms with Gasteiger partial charge in [-0.2, -0.15) is 0 Å². The average Bonchev–Trinajstić information content (AvgIpc) is 3.09. The molecule has 1 aliphatic heterocycles. The third-order valence-corrected chi connectivity index (χ3v) is 6.80. The van der Waals surface area contributed by atoms with E-state index in [1.54, 1.807) is 24.1 Å². The number of carbonyl (C=O) groups is 1. The molecule has 2 N–H and O–H groups in total. The zero-order chi connectivity index (χ0) is 23.6. The lowest BCUT2D eigenvalue weighted by Crippen LogP contribution is -2.52. The normalized spacial score (nSPS) is 20.1. The van der Waals surface area contributed by atoms with Crippen molar-refractivity contribution in [3.05, 3.63) is 59.4 Å². The second kappa shape index (κ2) is 9.72. The monoisotopic (exact) mass is 467 g/mol. The van der Waals surface area contributed by atoms with Gasteiger partial charge in [-0.1, -0.05) is 18.2 Å². The summed E-state index contributed by atoms with van der Waals surface area (Å²) in [6, 6.07) is 7.04. The summed E-state index contributed by atoms with van der Waals surface area (Å²) in [5.41, 5.74) is -1.05. The molecule has 1 amide bonds. The predicted octanol–water partition coefficient (Wildman–Crippen LogP) is 3.62. The number of aliphatic hydroxyl groups is 1. The molecular weight excluding hydrogens is 439 g/mol. The second-order valence-corrected chi connectivity index (χ2v) is 10.00. The molecule has 1 heterocycles. The molecule has 0 bridgehead atoms. The third-order valence-electron chi connectivity index (χ3n) is 5.61. The van der Waals surface area contributed by atoms with Crippen LogP contribution in [0.3, 0.4) is 0 Å². The Morgan fingerprint density at radius 3 is 2.50 bits per heavy atom. The number of rotatable bonds is 6. The molecule has 1 aliphatic rings. The van der Waals surface area contributed by atoms with E-state index in [0.29, 0.717) is 18.5 Å². The average molecular weight is 468 g/mol. The van der Waals surface area contributed by atoms with E-state index in [4.69, 9.17) is 0 Å². The number of halogens is 3. The van der Waals surface area contributed by atoms with Gasteiger partial charge < -0.3 is 10.0 Å². The van der Waals surface area contributed by atoms with Crippen molar-refractivity contribution >= 4 is 16.8 Å². The van der Waals surface area contributed by atoms with Crippen LogP contribution >= 0.6 is 0 Å². The Kier molecular flexibility index (Phi) is 7.42. The van der Waals surface area contributed by atoms with Crippen molar-refractivity contribution in [1.29, 1.82) is 0 Å². The molecule has 9 heteroatoms. The van der Waals surface area contributed by atoms with E-state index < -0.39 is 45.9 Å². The Labute approximate surface area is 188 Å². The molecule has 2 aromatic rings. The lowest BCUT2D eigenvalue weighted by atomic mass is 9.95. The molecule has 1 fully saturated rings. The number of likely N-dealkylation sites (tertiary alicyclic amines) is 1. The van der Waals surface area contributed by atoms with Gasteiger partial charge in [-0.05, 0) is 60.8 Å². The smallest absolute Gasteiger partial charge is 0.254 e. The maximum atomic E-state index is 15.5. The number of nitrogens with zero attached hydrogens (tertiary/aromatic N) is 2. The Bertz CT molecular complexity index is 1020. The minimum atomic E-state index is -1.56. The zero-order valence-corrected chi connectivity index (χ0v) is 19.3. The first kappa shape index (κ1) is 24.4. The summed E-state index contributed by atoms with van der Waals surface area (Å²) in [5.74, 6) is -2.59. The lowest BCUT2D eigenvalue weighted by molar-refractivity contribution is -0.148. The molecule has 0 saturated carbocycles. The molecule has 1 saturated heterocycles. The number of carbonyl (C=O) groups excluding carboxylic acids is 1. The van der Waals surface area contributed by atoms with Crippen molar-refractivity contribution in [2.24, 2.45) is 4.36 Å². The van der Waals surface area contributed by atoms with Gasteiger partial charge >= 0.3 is 0 Å².